The molecule has 1 unspecified atom stereocenters. The number of nitro benzene ring substituents is 1. The Kier molecular flexibility index (Phi) is 4.72. The zero-order chi connectivity index (χ0) is 16.5. The molecular formula is C14H21N3O4S. The lowest BCUT2D eigenvalue weighted by molar-refractivity contribution is -0.387. The number of nitrogens with two attached hydrogens (primary N) is 1. The van der Waals surface area contributed by atoms with E-state index in [0.717, 1.165) is 19.1 Å². The van der Waals surface area contributed by atoms with Gasteiger partial charge in [0.1, 0.15) is 10.6 Å². The topological polar surface area (TPSA) is 107 Å². The van der Waals surface area contributed by atoms with Gasteiger partial charge in [-0.3, -0.25) is 10.1 Å². The minimum Gasteiger partial charge on any atom is -0.366 e. The average Bonchev–Trinajstić information content (AvgIpc) is 2.45. The molecule has 8 heteroatoms. The van der Waals surface area contributed by atoms with Crippen molar-refractivity contribution in [3.05, 3.63) is 28.3 Å². The molecule has 1 fully saturated rings. The van der Waals surface area contributed by atoms with Crippen molar-refractivity contribution in [2.24, 2.45) is 11.7 Å². The van der Waals surface area contributed by atoms with Gasteiger partial charge in [-0.05, 0) is 37.8 Å². The zero-order valence-electron chi connectivity index (χ0n) is 12.7. The Morgan fingerprint density at radius 3 is 2.41 bits per heavy atom. The largest absolute Gasteiger partial charge is 0.366 e. The Hall–Kier alpha value is -1.67. The Balaban J connectivity index is 2.39. The van der Waals surface area contributed by atoms with E-state index in [4.69, 9.17) is 5.73 Å². The second kappa shape index (κ2) is 6.21. The van der Waals surface area contributed by atoms with Crippen molar-refractivity contribution in [3.8, 4) is 0 Å². The third-order valence-corrected chi connectivity index (χ3v) is 5.31. The molecule has 1 aliphatic rings. The summed E-state index contributed by atoms with van der Waals surface area (Å²) in [5.74, 6) is 0.397. The molecule has 0 saturated carbocycles. The first-order valence-electron chi connectivity index (χ1n) is 7.20. The van der Waals surface area contributed by atoms with Crippen LogP contribution in [0.25, 0.3) is 0 Å². The number of sulfone groups is 1. The van der Waals surface area contributed by atoms with Crippen LogP contribution in [-0.4, -0.2) is 38.7 Å². The molecule has 1 heterocycles. The van der Waals surface area contributed by atoms with Crippen molar-refractivity contribution in [3.63, 3.8) is 0 Å². The van der Waals surface area contributed by atoms with E-state index in [1.54, 1.807) is 12.1 Å². The van der Waals surface area contributed by atoms with E-state index < -0.39 is 14.8 Å². The molecule has 2 N–H and O–H groups in total. The number of nitrogens with zero attached hydrogens (tertiary/aromatic N) is 2. The van der Waals surface area contributed by atoms with E-state index in [1.165, 1.54) is 6.07 Å². The van der Waals surface area contributed by atoms with E-state index in [0.29, 0.717) is 24.7 Å². The van der Waals surface area contributed by atoms with Gasteiger partial charge in [0.25, 0.3) is 0 Å². The number of anilines is 1. The average molecular weight is 327 g/mol. The summed E-state index contributed by atoms with van der Waals surface area (Å²) in [7, 11) is -3.65. The van der Waals surface area contributed by atoms with Gasteiger partial charge in [0, 0.05) is 25.4 Å². The molecule has 1 aromatic rings. The van der Waals surface area contributed by atoms with Gasteiger partial charge in [-0.25, -0.2) is 8.42 Å². The van der Waals surface area contributed by atoms with Crippen molar-refractivity contribution in [2.75, 3.05) is 24.2 Å². The molecule has 0 radical (unpaired) electrons. The van der Waals surface area contributed by atoms with Gasteiger partial charge in [0.2, 0.25) is 0 Å². The fourth-order valence-corrected chi connectivity index (χ4v) is 3.77. The summed E-state index contributed by atoms with van der Waals surface area (Å²) in [6.07, 6.45) is 2.68. The minimum absolute atomic E-state index is 0.0967. The van der Waals surface area contributed by atoms with E-state index in [2.05, 4.69) is 0 Å². The fourth-order valence-electron chi connectivity index (χ4n) is 2.91. The maximum absolute atomic E-state index is 11.8. The summed E-state index contributed by atoms with van der Waals surface area (Å²) in [5, 5.41) is 11.4. The highest BCUT2D eigenvalue weighted by Gasteiger charge is 2.31. The first-order chi connectivity index (χ1) is 10.2. The SMILES string of the molecule is CC(N)C1CCN(c2cccc(S(C)(=O)=O)c2[N+](=O)[O-])CC1. The van der Waals surface area contributed by atoms with Crippen LogP contribution in [0.5, 0.6) is 0 Å². The highest BCUT2D eigenvalue weighted by Crippen LogP contribution is 2.36. The summed E-state index contributed by atoms with van der Waals surface area (Å²) in [6, 6.07) is 4.54. The van der Waals surface area contributed by atoms with Crippen molar-refractivity contribution >= 4 is 21.2 Å². The van der Waals surface area contributed by atoms with Crippen LogP contribution in [0.4, 0.5) is 11.4 Å². The van der Waals surface area contributed by atoms with E-state index in [1.807, 2.05) is 11.8 Å². The Labute approximate surface area is 130 Å². The zero-order valence-corrected chi connectivity index (χ0v) is 13.5. The molecule has 2 rings (SSSR count). The number of nitro groups is 1. The molecule has 122 valence electrons. The fraction of sp³-hybridized carbons (Fsp3) is 0.571. The summed E-state index contributed by atoms with van der Waals surface area (Å²) < 4.78 is 23.6. The van der Waals surface area contributed by atoms with Crippen LogP contribution >= 0.6 is 0 Å². The van der Waals surface area contributed by atoms with Gasteiger partial charge in [0.05, 0.1) is 4.92 Å². The van der Waals surface area contributed by atoms with Gasteiger partial charge < -0.3 is 10.6 Å². The van der Waals surface area contributed by atoms with Crippen molar-refractivity contribution < 1.29 is 13.3 Å². The van der Waals surface area contributed by atoms with E-state index in [-0.39, 0.29) is 16.6 Å². The number of benzene rings is 1. The first-order valence-corrected chi connectivity index (χ1v) is 9.09. The maximum atomic E-state index is 11.8. The molecular weight excluding hydrogens is 306 g/mol. The Morgan fingerprint density at radius 2 is 1.95 bits per heavy atom. The second-order valence-electron chi connectivity index (χ2n) is 5.84. The molecule has 1 aromatic carbocycles. The molecule has 0 bridgehead atoms. The van der Waals surface area contributed by atoms with E-state index in [9.17, 15) is 18.5 Å². The predicted octanol–water partition coefficient (Wildman–Crippen LogP) is 1.56. The molecule has 1 saturated heterocycles. The maximum Gasteiger partial charge on any atom is 0.311 e. The van der Waals surface area contributed by atoms with Crippen molar-refractivity contribution in [1.29, 1.82) is 0 Å². The lowest BCUT2D eigenvalue weighted by Gasteiger charge is -2.35. The first kappa shape index (κ1) is 16.7. The molecule has 0 aromatic heterocycles. The highest BCUT2D eigenvalue weighted by atomic mass is 32.2. The third-order valence-electron chi connectivity index (χ3n) is 4.18. The molecule has 22 heavy (non-hydrogen) atoms. The summed E-state index contributed by atoms with van der Waals surface area (Å²) in [5.41, 5.74) is 5.95. The van der Waals surface area contributed by atoms with Crippen molar-refractivity contribution in [1.82, 2.24) is 0 Å². The minimum atomic E-state index is -3.65. The van der Waals surface area contributed by atoms with Gasteiger partial charge >= 0.3 is 5.69 Å². The third kappa shape index (κ3) is 3.38. The number of para-hydroxylation sites is 1. The highest BCUT2D eigenvalue weighted by molar-refractivity contribution is 7.90. The van der Waals surface area contributed by atoms with Crippen LogP contribution in [-0.2, 0) is 9.84 Å². The Morgan fingerprint density at radius 1 is 1.36 bits per heavy atom. The predicted molar refractivity (Wildman–Crippen MR) is 84.8 cm³/mol. The molecule has 1 atom stereocenters. The lowest BCUT2D eigenvalue weighted by atomic mass is 9.90. The quantitative estimate of drug-likeness (QED) is 0.664. The smallest absolute Gasteiger partial charge is 0.311 e. The van der Waals surface area contributed by atoms with Crippen LogP contribution < -0.4 is 10.6 Å². The molecule has 7 nitrogen and oxygen atoms in total. The van der Waals surface area contributed by atoms with Gasteiger partial charge in [-0.1, -0.05) is 6.07 Å². The van der Waals surface area contributed by atoms with Crippen LogP contribution in [0.2, 0.25) is 0 Å². The van der Waals surface area contributed by atoms with Crippen LogP contribution in [0, 0.1) is 16.0 Å². The molecule has 0 aliphatic carbocycles. The summed E-state index contributed by atoms with van der Waals surface area (Å²) in [6.45, 7) is 3.24. The van der Waals surface area contributed by atoms with Crippen LogP contribution in [0.15, 0.2) is 23.1 Å². The van der Waals surface area contributed by atoms with Gasteiger partial charge in [-0.15, -0.1) is 0 Å². The normalized spacial score (nSPS) is 18.2. The standard InChI is InChI=1S/C14H21N3O4S/c1-10(15)11-6-8-16(9-7-11)12-4-3-5-13(22(2,20)21)14(12)17(18)19/h3-5,10-11H,6-9,15H2,1-2H3. The molecule has 1 aliphatic heterocycles. The number of hydrogen-bond donors (Lipinski definition) is 1. The van der Waals surface area contributed by atoms with Crippen molar-refractivity contribution in [2.45, 2.75) is 30.7 Å². The lowest BCUT2D eigenvalue weighted by Crippen LogP contribution is -2.40. The number of piperidine rings is 1. The molecule has 0 amide bonds. The summed E-state index contributed by atoms with van der Waals surface area (Å²) >= 11 is 0. The van der Waals surface area contributed by atoms with Gasteiger partial charge in [0.15, 0.2) is 9.84 Å². The van der Waals surface area contributed by atoms with Crippen LogP contribution in [0.1, 0.15) is 19.8 Å². The monoisotopic (exact) mass is 327 g/mol. The number of hydrogen-bond acceptors (Lipinski definition) is 6. The van der Waals surface area contributed by atoms with E-state index >= 15 is 0 Å². The Bertz CT molecular complexity index is 665. The van der Waals surface area contributed by atoms with Gasteiger partial charge in [-0.2, -0.15) is 0 Å². The van der Waals surface area contributed by atoms with Crippen LogP contribution in [0.3, 0.4) is 0 Å². The summed E-state index contributed by atoms with van der Waals surface area (Å²) in [4.78, 5) is 12.4. The molecule has 0 spiro atoms. The number of rotatable bonds is 4. The second-order valence-corrected chi connectivity index (χ2v) is 7.82.